The van der Waals surface area contributed by atoms with Crippen LogP contribution < -0.4 is 10.5 Å². The van der Waals surface area contributed by atoms with Crippen molar-refractivity contribution in [3.8, 4) is 5.75 Å². The standard InChI is InChI=1S/C16H22Cl2N2O4/c1-11-2-3-14(9-12(11)8-13(19)10-15(21)22)24-16(23)20(6-4-17)7-5-18/h2-3,9,13H,4-8,10,19H2,1H3,(H,21,22). The van der Waals surface area contributed by atoms with Gasteiger partial charge in [-0.25, -0.2) is 4.79 Å². The second-order valence-electron chi connectivity index (χ2n) is 5.38. The summed E-state index contributed by atoms with van der Waals surface area (Å²) in [6, 6.07) is 4.68. The highest BCUT2D eigenvalue weighted by Gasteiger charge is 2.16. The van der Waals surface area contributed by atoms with Gasteiger partial charge in [0.1, 0.15) is 5.75 Å². The van der Waals surface area contributed by atoms with Crippen LogP contribution in [0.15, 0.2) is 18.2 Å². The van der Waals surface area contributed by atoms with Gasteiger partial charge in [0.2, 0.25) is 0 Å². The predicted octanol–water partition coefficient (Wildman–Crippen LogP) is 2.62. The lowest BCUT2D eigenvalue weighted by Crippen LogP contribution is -2.36. The molecule has 1 aromatic rings. The first kappa shape index (κ1) is 20.5. The number of aryl methyl sites for hydroxylation is 1. The number of alkyl halides is 2. The van der Waals surface area contributed by atoms with Gasteiger partial charge < -0.3 is 20.5 Å². The van der Waals surface area contributed by atoms with E-state index in [9.17, 15) is 9.59 Å². The summed E-state index contributed by atoms with van der Waals surface area (Å²) < 4.78 is 5.35. The van der Waals surface area contributed by atoms with Gasteiger partial charge in [-0.15, -0.1) is 23.2 Å². The first-order valence-corrected chi connectivity index (χ1v) is 8.59. The van der Waals surface area contributed by atoms with E-state index in [0.29, 0.717) is 25.3 Å². The van der Waals surface area contributed by atoms with E-state index in [2.05, 4.69) is 0 Å². The molecule has 24 heavy (non-hydrogen) atoms. The average molecular weight is 377 g/mol. The van der Waals surface area contributed by atoms with Gasteiger partial charge in [-0.3, -0.25) is 4.79 Å². The maximum Gasteiger partial charge on any atom is 0.415 e. The number of rotatable bonds is 9. The van der Waals surface area contributed by atoms with Crippen molar-refractivity contribution in [3.63, 3.8) is 0 Å². The van der Waals surface area contributed by atoms with Crippen molar-refractivity contribution in [2.24, 2.45) is 5.73 Å². The number of carboxylic acid groups (broad SMARTS) is 1. The van der Waals surface area contributed by atoms with Gasteiger partial charge in [-0.2, -0.15) is 0 Å². The Kier molecular flexibility index (Phi) is 8.89. The maximum absolute atomic E-state index is 12.1. The molecule has 0 aliphatic heterocycles. The van der Waals surface area contributed by atoms with Crippen molar-refractivity contribution < 1.29 is 19.4 Å². The first-order chi connectivity index (χ1) is 11.4. The Bertz CT molecular complexity index is 563. The summed E-state index contributed by atoms with van der Waals surface area (Å²) in [4.78, 5) is 24.3. The lowest BCUT2D eigenvalue weighted by Gasteiger charge is -2.20. The highest BCUT2D eigenvalue weighted by Crippen LogP contribution is 2.20. The number of carboxylic acids is 1. The minimum absolute atomic E-state index is 0.122. The fourth-order valence-electron chi connectivity index (χ4n) is 2.17. The monoisotopic (exact) mass is 376 g/mol. The van der Waals surface area contributed by atoms with Crippen LogP contribution in [0.5, 0.6) is 5.75 Å². The molecule has 0 radical (unpaired) electrons. The summed E-state index contributed by atoms with van der Waals surface area (Å²) in [6.07, 6.45) is -0.264. The molecule has 0 spiro atoms. The van der Waals surface area contributed by atoms with Crippen LogP contribution in [0.4, 0.5) is 4.79 Å². The van der Waals surface area contributed by atoms with Crippen LogP contribution in [0, 0.1) is 6.92 Å². The summed E-state index contributed by atoms with van der Waals surface area (Å²) in [7, 11) is 0. The fourth-order valence-corrected chi connectivity index (χ4v) is 2.58. The van der Waals surface area contributed by atoms with Gasteiger partial charge in [0, 0.05) is 30.9 Å². The van der Waals surface area contributed by atoms with Crippen LogP contribution in [0.2, 0.25) is 0 Å². The molecule has 0 aliphatic carbocycles. The Hall–Kier alpha value is -1.50. The van der Waals surface area contributed by atoms with E-state index in [1.165, 1.54) is 4.90 Å². The van der Waals surface area contributed by atoms with Gasteiger partial charge >= 0.3 is 12.1 Å². The molecule has 1 atom stereocenters. The normalized spacial score (nSPS) is 11.8. The van der Waals surface area contributed by atoms with Crippen molar-refractivity contribution in [3.05, 3.63) is 29.3 Å². The molecule has 0 aromatic heterocycles. The molecule has 0 bridgehead atoms. The van der Waals surface area contributed by atoms with Crippen molar-refractivity contribution >= 4 is 35.3 Å². The number of hydrogen-bond donors (Lipinski definition) is 2. The summed E-state index contributed by atoms with van der Waals surface area (Å²) in [6.45, 7) is 2.58. The number of hydrogen-bond acceptors (Lipinski definition) is 4. The van der Waals surface area contributed by atoms with Crippen LogP contribution in [-0.2, 0) is 11.2 Å². The smallest absolute Gasteiger partial charge is 0.415 e. The van der Waals surface area contributed by atoms with Gasteiger partial charge in [-0.05, 0) is 36.6 Å². The molecule has 1 aromatic carbocycles. The Labute approximate surface area is 151 Å². The molecule has 0 aliphatic rings. The van der Waals surface area contributed by atoms with Crippen molar-refractivity contribution in [1.29, 1.82) is 0 Å². The third kappa shape index (κ3) is 6.95. The van der Waals surface area contributed by atoms with Crippen LogP contribution in [0.25, 0.3) is 0 Å². The number of nitrogens with zero attached hydrogens (tertiary/aromatic N) is 1. The molecule has 3 N–H and O–H groups in total. The topological polar surface area (TPSA) is 92.9 Å². The van der Waals surface area contributed by atoms with E-state index in [-0.39, 0.29) is 18.2 Å². The molecule has 0 fully saturated rings. The highest BCUT2D eigenvalue weighted by atomic mass is 35.5. The van der Waals surface area contributed by atoms with Crippen LogP contribution in [0.1, 0.15) is 17.5 Å². The van der Waals surface area contributed by atoms with E-state index >= 15 is 0 Å². The number of carbonyl (C=O) groups excluding carboxylic acids is 1. The predicted molar refractivity (Wildman–Crippen MR) is 94.1 cm³/mol. The first-order valence-electron chi connectivity index (χ1n) is 7.53. The number of aliphatic carboxylic acids is 1. The Morgan fingerprint density at radius 2 is 1.92 bits per heavy atom. The van der Waals surface area contributed by atoms with E-state index in [1.54, 1.807) is 18.2 Å². The number of nitrogens with two attached hydrogens (primary N) is 1. The van der Waals surface area contributed by atoms with Crippen LogP contribution in [0.3, 0.4) is 0 Å². The molecule has 1 amide bonds. The minimum atomic E-state index is -0.944. The minimum Gasteiger partial charge on any atom is -0.481 e. The zero-order chi connectivity index (χ0) is 18.1. The maximum atomic E-state index is 12.1. The lowest BCUT2D eigenvalue weighted by molar-refractivity contribution is -0.137. The second-order valence-corrected chi connectivity index (χ2v) is 6.14. The highest BCUT2D eigenvalue weighted by molar-refractivity contribution is 6.18. The van der Waals surface area contributed by atoms with E-state index in [1.807, 2.05) is 6.92 Å². The molecule has 8 heteroatoms. The number of benzene rings is 1. The summed E-state index contributed by atoms with van der Waals surface area (Å²) in [5.41, 5.74) is 7.62. The van der Waals surface area contributed by atoms with E-state index in [4.69, 9.17) is 38.8 Å². The Balaban J connectivity index is 2.80. The number of amides is 1. The molecule has 0 saturated heterocycles. The molecular weight excluding hydrogens is 355 g/mol. The van der Waals surface area contributed by atoms with Crippen molar-refractivity contribution in [2.75, 3.05) is 24.8 Å². The second kappa shape index (κ2) is 10.4. The van der Waals surface area contributed by atoms with Crippen molar-refractivity contribution in [2.45, 2.75) is 25.8 Å². The van der Waals surface area contributed by atoms with E-state index < -0.39 is 18.1 Å². The van der Waals surface area contributed by atoms with Gasteiger partial charge in [0.05, 0.1) is 6.42 Å². The molecular formula is C16H22Cl2N2O4. The van der Waals surface area contributed by atoms with Crippen LogP contribution in [-0.4, -0.2) is 53.0 Å². The van der Waals surface area contributed by atoms with E-state index in [0.717, 1.165) is 11.1 Å². The Morgan fingerprint density at radius 3 is 2.46 bits per heavy atom. The third-order valence-electron chi connectivity index (χ3n) is 3.41. The molecule has 0 saturated carbocycles. The third-order valence-corrected chi connectivity index (χ3v) is 3.75. The zero-order valence-electron chi connectivity index (χ0n) is 13.5. The molecule has 6 nitrogen and oxygen atoms in total. The number of carbonyl (C=O) groups is 2. The van der Waals surface area contributed by atoms with Gasteiger partial charge in [-0.1, -0.05) is 6.07 Å². The average Bonchev–Trinajstić information content (AvgIpc) is 2.49. The molecule has 1 unspecified atom stereocenters. The van der Waals surface area contributed by atoms with Gasteiger partial charge in [0.25, 0.3) is 0 Å². The largest absolute Gasteiger partial charge is 0.481 e. The molecule has 1 rings (SSSR count). The number of halogens is 2. The molecule has 0 heterocycles. The SMILES string of the molecule is Cc1ccc(OC(=O)N(CCCl)CCCl)cc1CC(N)CC(=O)O. The summed E-state index contributed by atoms with van der Waals surface area (Å²) in [5.74, 6) is 0.00228. The number of ether oxygens (including phenoxy) is 1. The lowest BCUT2D eigenvalue weighted by atomic mass is 9.99. The summed E-state index contributed by atoms with van der Waals surface area (Å²) >= 11 is 11.3. The van der Waals surface area contributed by atoms with Crippen LogP contribution >= 0.6 is 23.2 Å². The van der Waals surface area contributed by atoms with Gasteiger partial charge in [0.15, 0.2) is 0 Å². The fraction of sp³-hybridized carbons (Fsp3) is 0.500. The van der Waals surface area contributed by atoms with Crippen molar-refractivity contribution in [1.82, 2.24) is 4.90 Å². The molecule has 134 valence electrons. The quantitative estimate of drug-likeness (QED) is 0.646. The zero-order valence-corrected chi connectivity index (χ0v) is 15.0. The Morgan fingerprint density at radius 1 is 1.29 bits per heavy atom. The summed E-state index contributed by atoms with van der Waals surface area (Å²) in [5, 5.41) is 8.79.